The molecule has 8 nitrogen and oxygen atoms in total. The second kappa shape index (κ2) is 33.5. The molecule has 0 aliphatic rings. The third-order valence-corrected chi connectivity index (χ3v) is 5.10. The van der Waals surface area contributed by atoms with E-state index in [4.69, 9.17) is 35.5 Å². The van der Waals surface area contributed by atoms with Crippen molar-refractivity contribution < 1.29 is 27.2 Å². The molecule has 0 bridgehead atoms. The van der Waals surface area contributed by atoms with E-state index in [9.17, 15) is 13.2 Å². The molecule has 236 valence electrons. The summed E-state index contributed by atoms with van der Waals surface area (Å²) in [5, 5.41) is 11.3. The lowest BCUT2D eigenvalue weighted by Gasteiger charge is -2.24. The quantitative estimate of drug-likeness (QED) is 0.143. The van der Waals surface area contributed by atoms with Crippen molar-refractivity contribution in [3.63, 3.8) is 0 Å². The molecule has 0 aromatic rings. The maximum atomic E-state index is 11.5. The van der Waals surface area contributed by atoms with Gasteiger partial charge in [-0.15, -0.1) is 49.4 Å². The Morgan fingerprint density at radius 2 is 1.27 bits per heavy atom. The molecular weight excluding hydrogens is 540 g/mol. The van der Waals surface area contributed by atoms with Gasteiger partial charge in [0.25, 0.3) is 10.1 Å². The Morgan fingerprint density at radius 1 is 0.829 bits per heavy atom. The topological polar surface area (TPSA) is 105 Å². The van der Waals surface area contributed by atoms with Gasteiger partial charge < -0.3 is 20.1 Å². The summed E-state index contributed by atoms with van der Waals surface area (Å²) < 4.78 is 30.5. The molecule has 0 rings (SSSR count). The normalized spacial score (nSPS) is 9.83. The van der Waals surface area contributed by atoms with Crippen molar-refractivity contribution in [2.24, 2.45) is 0 Å². The fourth-order valence-corrected chi connectivity index (χ4v) is 2.83. The van der Waals surface area contributed by atoms with Gasteiger partial charge in [-0.05, 0) is 85.7 Å². The molecule has 0 saturated heterocycles. The minimum Gasteiger partial charge on any atom is -0.444 e. The molecule has 2 N–H and O–H groups in total. The SMILES string of the molecule is C#CCCCCN(C)C(=O)OC(C)(C)C.C#CCCCCNC.C#CCCCCO.C#CCCCCOS(C)(=O)=O. The first kappa shape index (κ1) is 45.3. The summed E-state index contributed by atoms with van der Waals surface area (Å²) in [5.74, 6) is 10.1. The van der Waals surface area contributed by atoms with Gasteiger partial charge in [0, 0.05) is 45.9 Å². The number of ether oxygens (including phenoxy) is 1. The number of aliphatic hydroxyl groups excluding tert-OH is 1. The molecule has 0 radical (unpaired) electrons. The number of rotatable bonds is 16. The highest BCUT2D eigenvalue weighted by molar-refractivity contribution is 7.85. The number of amides is 1. The second-order valence-corrected chi connectivity index (χ2v) is 11.5. The summed E-state index contributed by atoms with van der Waals surface area (Å²) in [4.78, 5) is 13.1. The van der Waals surface area contributed by atoms with Crippen LogP contribution in [0.25, 0.3) is 0 Å². The molecule has 0 atom stereocenters. The molecule has 0 unspecified atom stereocenters. The van der Waals surface area contributed by atoms with Crippen LogP contribution in [0, 0.1) is 49.4 Å². The summed E-state index contributed by atoms with van der Waals surface area (Å²) in [5.41, 5.74) is -0.426. The van der Waals surface area contributed by atoms with E-state index in [2.05, 4.69) is 33.2 Å². The summed E-state index contributed by atoms with van der Waals surface area (Å²) >= 11 is 0. The van der Waals surface area contributed by atoms with Gasteiger partial charge >= 0.3 is 6.09 Å². The number of nitrogens with zero attached hydrogens (tertiary/aromatic N) is 1. The number of terminal acetylenes is 4. The maximum Gasteiger partial charge on any atom is 0.410 e. The first-order valence-electron chi connectivity index (χ1n) is 14.0. The van der Waals surface area contributed by atoms with Crippen molar-refractivity contribution in [2.75, 3.05) is 46.7 Å². The molecule has 0 aliphatic heterocycles. The summed E-state index contributed by atoms with van der Waals surface area (Å²) in [6, 6.07) is 0. The monoisotopic (exact) mass is 596 g/mol. The van der Waals surface area contributed by atoms with Crippen LogP contribution in [-0.2, 0) is 19.0 Å². The van der Waals surface area contributed by atoms with Crippen LogP contribution in [0.15, 0.2) is 0 Å². The van der Waals surface area contributed by atoms with E-state index in [0.29, 0.717) is 19.4 Å². The Morgan fingerprint density at radius 3 is 1.66 bits per heavy atom. The predicted octanol–water partition coefficient (Wildman–Crippen LogP) is 5.21. The Balaban J connectivity index is -0.000000233. The molecule has 1 amide bonds. The molecule has 0 saturated carbocycles. The first-order chi connectivity index (χ1) is 19.3. The van der Waals surface area contributed by atoms with Gasteiger partial charge in [-0.25, -0.2) is 4.79 Å². The average Bonchev–Trinajstić information content (AvgIpc) is 2.89. The summed E-state index contributed by atoms with van der Waals surface area (Å²) in [7, 11) is 0.431. The van der Waals surface area contributed by atoms with Crippen molar-refractivity contribution in [3.05, 3.63) is 0 Å². The van der Waals surface area contributed by atoms with Crippen LogP contribution >= 0.6 is 0 Å². The second-order valence-electron chi connectivity index (χ2n) is 9.90. The highest BCUT2D eigenvalue weighted by Crippen LogP contribution is 2.09. The molecule has 0 aliphatic carbocycles. The average molecular weight is 597 g/mol. The minimum absolute atomic E-state index is 0.237. The van der Waals surface area contributed by atoms with Gasteiger partial charge in [0.1, 0.15) is 5.60 Å². The highest BCUT2D eigenvalue weighted by Gasteiger charge is 2.18. The van der Waals surface area contributed by atoms with E-state index in [1.54, 1.807) is 11.9 Å². The van der Waals surface area contributed by atoms with Gasteiger partial charge in [-0.1, -0.05) is 0 Å². The van der Waals surface area contributed by atoms with E-state index in [1.165, 1.54) is 6.42 Å². The van der Waals surface area contributed by atoms with Crippen LogP contribution in [0.2, 0.25) is 0 Å². The molecule has 0 aromatic heterocycles. The number of unbranched alkanes of at least 4 members (excludes halogenated alkanes) is 8. The van der Waals surface area contributed by atoms with Gasteiger partial charge in [0.2, 0.25) is 0 Å². The van der Waals surface area contributed by atoms with Crippen LogP contribution in [0.5, 0.6) is 0 Å². The van der Waals surface area contributed by atoms with E-state index in [1.807, 2.05) is 27.8 Å². The molecule has 0 aromatic carbocycles. The number of hydrogen-bond donors (Lipinski definition) is 2. The first-order valence-corrected chi connectivity index (χ1v) is 15.9. The van der Waals surface area contributed by atoms with Crippen molar-refractivity contribution in [2.45, 2.75) is 103 Å². The third-order valence-electron chi connectivity index (χ3n) is 4.51. The molecule has 41 heavy (non-hydrogen) atoms. The number of nitrogens with one attached hydrogen (secondary N) is 1. The van der Waals surface area contributed by atoms with E-state index >= 15 is 0 Å². The predicted molar refractivity (Wildman–Crippen MR) is 171 cm³/mol. The van der Waals surface area contributed by atoms with Crippen LogP contribution in [0.3, 0.4) is 0 Å². The third kappa shape index (κ3) is 54.2. The van der Waals surface area contributed by atoms with Crippen molar-refractivity contribution in [3.8, 4) is 49.4 Å². The van der Waals surface area contributed by atoms with Gasteiger partial charge in [-0.2, -0.15) is 8.42 Å². The van der Waals surface area contributed by atoms with Gasteiger partial charge in [0.15, 0.2) is 0 Å². The van der Waals surface area contributed by atoms with Gasteiger partial charge in [-0.3, -0.25) is 4.18 Å². The summed E-state index contributed by atoms with van der Waals surface area (Å²) in [6.45, 7) is 7.85. The van der Waals surface area contributed by atoms with Crippen molar-refractivity contribution in [1.82, 2.24) is 10.2 Å². The lowest BCUT2D eigenvalue weighted by molar-refractivity contribution is 0.0296. The Hall–Kier alpha value is -2.66. The lowest BCUT2D eigenvalue weighted by atomic mass is 10.2. The van der Waals surface area contributed by atoms with Crippen molar-refractivity contribution in [1.29, 1.82) is 0 Å². The molecule has 0 heterocycles. The molecule has 0 spiro atoms. The zero-order valence-electron chi connectivity index (χ0n) is 26.5. The van der Waals surface area contributed by atoms with Crippen LogP contribution in [-0.4, -0.2) is 76.8 Å². The number of aliphatic hydroxyl groups is 1. The van der Waals surface area contributed by atoms with E-state index < -0.39 is 15.7 Å². The highest BCUT2D eigenvalue weighted by atomic mass is 32.2. The fourth-order valence-electron chi connectivity index (χ4n) is 2.41. The van der Waals surface area contributed by atoms with Crippen LogP contribution in [0.4, 0.5) is 4.79 Å². The lowest BCUT2D eigenvalue weighted by Crippen LogP contribution is -2.34. The Bertz CT molecular complexity index is 868. The summed E-state index contributed by atoms with van der Waals surface area (Å²) in [6.07, 6.45) is 31.5. The Kier molecular flexibility index (Phi) is 37.1. The van der Waals surface area contributed by atoms with Crippen LogP contribution in [0.1, 0.15) is 97.8 Å². The fraction of sp³-hybridized carbons (Fsp3) is 0.719. The van der Waals surface area contributed by atoms with Gasteiger partial charge in [0.05, 0.1) is 12.9 Å². The molecule has 9 heteroatoms. The minimum atomic E-state index is -3.26. The molecular formula is C32H56N2O6S. The zero-order valence-corrected chi connectivity index (χ0v) is 27.3. The number of carbonyl (C=O) groups excluding carboxylic acids is 1. The van der Waals surface area contributed by atoms with E-state index in [-0.39, 0.29) is 19.3 Å². The zero-order chi connectivity index (χ0) is 32.4. The Labute approximate surface area is 252 Å². The van der Waals surface area contributed by atoms with E-state index in [0.717, 1.165) is 70.6 Å². The number of carbonyl (C=O) groups is 1. The number of hydrogen-bond acceptors (Lipinski definition) is 7. The van der Waals surface area contributed by atoms with Crippen LogP contribution < -0.4 is 5.32 Å². The largest absolute Gasteiger partial charge is 0.444 e. The standard InChI is InChI=1S/C12H21NO2.C7H13N.C7H12O3S.C6H10O/c1-6-7-8-9-10-13(5)11(14)15-12(2,3)4;1-3-4-5-6-7-8-2;1-3-4-5-6-7-10-11(2,8)9;1-2-3-4-5-6-7/h1H,7-10H2,2-5H3;1,8H,4-7H2,2H3;1H,4-7H2,2H3;1,7H,3-6H2. The molecule has 0 fully saturated rings. The maximum absolute atomic E-state index is 11.5. The van der Waals surface area contributed by atoms with Crippen molar-refractivity contribution >= 4 is 16.2 Å². The smallest absolute Gasteiger partial charge is 0.410 e.